The van der Waals surface area contributed by atoms with Crippen LogP contribution in [0, 0.1) is 0 Å². The number of rotatable bonds is 5. The molecule has 1 saturated carbocycles. The molecule has 2 aliphatic rings. The van der Waals surface area contributed by atoms with Crippen molar-refractivity contribution in [2.45, 2.75) is 37.5 Å². The number of benzene rings is 6. The average molecular weight is 617 g/mol. The fourth-order valence-corrected chi connectivity index (χ4v) is 8.11. The van der Waals surface area contributed by atoms with Crippen LogP contribution in [0.1, 0.15) is 43.2 Å². The number of hydrogen-bond donors (Lipinski definition) is 0. The minimum atomic E-state index is 0.139. The standard InChI is InChI=1S/C46H36N2/c1-4-13-32(14-5-1)33-21-23-34(24-22-33)43-31-44(48-45(47-43)35-15-6-2-7-16-35)38-18-12-17-36(29-38)37-25-26-40-39-19-8-9-20-41(39)46(42(40)30-37)27-10-3-11-28-46/h1-2,4-9,12-26,29-31H,3,10-11,27-28H2. The summed E-state index contributed by atoms with van der Waals surface area (Å²) in [5, 5.41) is 0. The summed E-state index contributed by atoms with van der Waals surface area (Å²) in [5.74, 6) is 0.732. The van der Waals surface area contributed by atoms with Gasteiger partial charge in [0.2, 0.25) is 0 Å². The first-order chi connectivity index (χ1) is 23.7. The fourth-order valence-electron chi connectivity index (χ4n) is 8.11. The Balaban J connectivity index is 1.13. The molecule has 230 valence electrons. The lowest BCUT2D eigenvalue weighted by molar-refractivity contribution is 0.353. The summed E-state index contributed by atoms with van der Waals surface area (Å²) in [4.78, 5) is 10.2. The third-order valence-electron chi connectivity index (χ3n) is 10.5. The zero-order valence-electron chi connectivity index (χ0n) is 26.9. The van der Waals surface area contributed by atoms with Crippen molar-refractivity contribution in [2.24, 2.45) is 0 Å². The summed E-state index contributed by atoms with van der Waals surface area (Å²) < 4.78 is 0. The molecule has 0 saturated heterocycles. The Bertz CT molecular complexity index is 2250. The molecule has 1 aromatic heterocycles. The molecule has 6 aromatic carbocycles. The van der Waals surface area contributed by atoms with E-state index in [9.17, 15) is 0 Å². The predicted molar refractivity (Wildman–Crippen MR) is 199 cm³/mol. The molecule has 1 spiro atoms. The Morgan fingerprint density at radius 3 is 1.67 bits per heavy atom. The molecule has 1 heterocycles. The summed E-state index contributed by atoms with van der Waals surface area (Å²) in [6, 6.07) is 56.8. The van der Waals surface area contributed by atoms with E-state index in [-0.39, 0.29) is 5.41 Å². The average Bonchev–Trinajstić information content (AvgIpc) is 3.43. The maximum atomic E-state index is 5.14. The Kier molecular flexibility index (Phi) is 7.08. The Hall–Kier alpha value is -5.60. The largest absolute Gasteiger partial charge is 0.228 e. The first-order valence-electron chi connectivity index (χ1n) is 17.2. The van der Waals surface area contributed by atoms with Crippen LogP contribution in [-0.4, -0.2) is 9.97 Å². The molecule has 48 heavy (non-hydrogen) atoms. The van der Waals surface area contributed by atoms with E-state index in [0.29, 0.717) is 0 Å². The van der Waals surface area contributed by atoms with Gasteiger partial charge in [0.1, 0.15) is 0 Å². The summed E-state index contributed by atoms with van der Waals surface area (Å²) in [6.45, 7) is 0. The van der Waals surface area contributed by atoms with Gasteiger partial charge in [-0.1, -0.05) is 159 Å². The van der Waals surface area contributed by atoms with E-state index in [4.69, 9.17) is 9.97 Å². The van der Waals surface area contributed by atoms with Crippen molar-refractivity contribution >= 4 is 0 Å². The number of nitrogens with zero attached hydrogens (tertiary/aromatic N) is 2. The molecule has 7 aromatic rings. The van der Waals surface area contributed by atoms with Crippen LogP contribution in [0.15, 0.2) is 158 Å². The highest BCUT2D eigenvalue weighted by atomic mass is 14.9. The third-order valence-corrected chi connectivity index (χ3v) is 10.5. The third kappa shape index (κ3) is 4.96. The van der Waals surface area contributed by atoms with Crippen LogP contribution < -0.4 is 0 Å². The maximum absolute atomic E-state index is 5.14. The molecule has 0 bridgehead atoms. The zero-order chi connectivity index (χ0) is 31.9. The number of fused-ring (bicyclic) bond motifs is 5. The molecule has 0 N–H and O–H groups in total. The normalized spacial score (nSPS) is 14.4. The van der Waals surface area contributed by atoms with Gasteiger partial charge in [-0.3, -0.25) is 0 Å². The van der Waals surface area contributed by atoms with Crippen LogP contribution in [0.3, 0.4) is 0 Å². The molecule has 0 amide bonds. The van der Waals surface area contributed by atoms with Crippen molar-refractivity contribution in [3.63, 3.8) is 0 Å². The van der Waals surface area contributed by atoms with E-state index >= 15 is 0 Å². The van der Waals surface area contributed by atoms with E-state index in [2.05, 4.69) is 140 Å². The fraction of sp³-hybridized carbons (Fsp3) is 0.130. The van der Waals surface area contributed by atoms with E-state index < -0.39 is 0 Å². The lowest BCUT2D eigenvalue weighted by Crippen LogP contribution is -2.28. The second-order valence-electron chi connectivity index (χ2n) is 13.3. The summed E-state index contributed by atoms with van der Waals surface area (Å²) in [5.41, 5.74) is 15.9. The molecule has 1 fully saturated rings. The van der Waals surface area contributed by atoms with E-state index in [0.717, 1.165) is 33.9 Å². The van der Waals surface area contributed by atoms with Crippen molar-refractivity contribution in [3.05, 3.63) is 169 Å². The Labute approximate surface area is 282 Å². The van der Waals surface area contributed by atoms with E-state index in [1.165, 1.54) is 76.6 Å². The van der Waals surface area contributed by atoms with Gasteiger partial charge in [-0.25, -0.2) is 9.97 Å². The number of hydrogen-bond acceptors (Lipinski definition) is 2. The summed E-state index contributed by atoms with van der Waals surface area (Å²) in [6.07, 6.45) is 6.40. The van der Waals surface area contributed by atoms with Gasteiger partial charge < -0.3 is 0 Å². The number of aromatic nitrogens is 2. The molecule has 2 heteroatoms. The Morgan fingerprint density at radius 2 is 0.896 bits per heavy atom. The van der Waals surface area contributed by atoms with Crippen molar-refractivity contribution in [1.29, 1.82) is 0 Å². The van der Waals surface area contributed by atoms with E-state index in [1.54, 1.807) is 0 Å². The van der Waals surface area contributed by atoms with Crippen molar-refractivity contribution in [2.75, 3.05) is 0 Å². The van der Waals surface area contributed by atoms with Gasteiger partial charge in [-0.2, -0.15) is 0 Å². The minimum Gasteiger partial charge on any atom is -0.228 e. The minimum absolute atomic E-state index is 0.139. The second kappa shape index (κ2) is 11.9. The summed E-state index contributed by atoms with van der Waals surface area (Å²) >= 11 is 0. The molecule has 0 aliphatic heterocycles. The topological polar surface area (TPSA) is 25.8 Å². The van der Waals surface area contributed by atoms with Crippen LogP contribution in [0.2, 0.25) is 0 Å². The molecule has 2 aliphatic carbocycles. The van der Waals surface area contributed by atoms with Crippen LogP contribution >= 0.6 is 0 Å². The Morgan fingerprint density at radius 1 is 0.354 bits per heavy atom. The molecule has 0 unspecified atom stereocenters. The van der Waals surface area contributed by atoms with Gasteiger partial charge in [-0.05, 0) is 75.5 Å². The van der Waals surface area contributed by atoms with Crippen LogP contribution in [0.4, 0.5) is 0 Å². The van der Waals surface area contributed by atoms with Gasteiger partial charge in [0.15, 0.2) is 5.82 Å². The quantitative estimate of drug-likeness (QED) is 0.192. The lowest BCUT2D eigenvalue weighted by Gasteiger charge is -2.36. The monoisotopic (exact) mass is 616 g/mol. The predicted octanol–water partition coefficient (Wildman–Crippen LogP) is 12.0. The van der Waals surface area contributed by atoms with Gasteiger partial charge >= 0.3 is 0 Å². The van der Waals surface area contributed by atoms with Gasteiger partial charge in [0.25, 0.3) is 0 Å². The highest BCUT2D eigenvalue weighted by Crippen LogP contribution is 2.56. The lowest BCUT2D eigenvalue weighted by atomic mass is 9.67. The van der Waals surface area contributed by atoms with Gasteiger partial charge in [0, 0.05) is 22.1 Å². The van der Waals surface area contributed by atoms with E-state index in [1.807, 2.05) is 18.2 Å². The maximum Gasteiger partial charge on any atom is 0.160 e. The zero-order valence-corrected chi connectivity index (χ0v) is 26.9. The summed E-state index contributed by atoms with van der Waals surface area (Å²) in [7, 11) is 0. The smallest absolute Gasteiger partial charge is 0.160 e. The van der Waals surface area contributed by atoms with Crippen molar-refractivity contribution in [3.8, 4) is 67.3 Å². The molecular formula is C46H36N2. The first-order valence-corrected chi connectivity index (χ1v) is 17.2. The molecule has 2 nitrogen and oxygen atoms in total. The molecular weight excluding hydrogens is 581 g/mol. The molecule has 0 radical (unpaired) electrons. The first kappa shape index (κ1) is 28.6. The van der Waals surface area contributed by atoms with Crippen LogP contribution in [0.5, 0.6) is 0 Å². The van der Waals surface area contributed by atoms with Gasteiger partial charge in [0.05, 0.1) is 11.4 Å². The molecule has 0 atom stereocenters. The van der Waals surface area contributed by atoms with Crippen LogP contribution in [0.25, 0.3) is 67.3 Å². The van der Waals surface area contributed by atoms with Gasteiger partial charge in [-0.15, -0.1) is 0 Å². The van der Waals surface area contributed by atoms with Crippen molar-refractivity contribution < 1.29 is 0 Å². The van der Waals surface area contributed by atoms with Crippen LogP contribution in [-0.2, 0) is 5.41 Å². The SMILES string of the molecule is c1ccc(-c2ccc(-c3cc(-c4cccc(-c5ccc6c(c5)C5(CCCCC5)c5ccccc5-6)c4)nc(-c4ccccc4)n3)cc2)cc1. The highest BCUT2D eigenvalue weighted by molar-refractivity contribution is 5.85. The van der Waals surface area contributed by atoms with Crippen molar-refractivity contribution in [1.82, 2.24) is 9.97 Å². The highest BCUT2D eigenvalue weighted by Gasteiger charge is 2.43. The second-order valence-corrected chi connectivity index (χ2v) is 13.3. The molecule has 9 rings (SSSR count).